The molecule has 2 aromatic rings. The van der Waals surface area contributed by atoms with E-state index in [1.807, 2.05) is 0 Å². The monoisotopic (exact) mass is 439 g/mol. The van der Waals surface area contributed by atoms with Crippen molar-refractivity contribution in [1.82, 2.24) is 0 Å². The number of esters is 1. The van der Waals surface area contributed by atoms with Gasteiger partial charge in [0.05, 0.1) is 23.1 Å². The Morgan fingerprint density at radius 1 is 1.31 bits per heavy atom. The van der Waals surface area contributed by atoms with Gasteiger partial charge in [0, 0.05) is 4.88 Å². The van der Waals surface area contributed by atoms with Crippen LogP contribution in [0, 0.1) is 5.82 Å². The normalized spacial score (nSPS) is 13.2. The quantitative estimate of drug-likeness (QED) is 0.674. The van der Waals surface area contributed by atoms with E-state index >= 15 is 0 Å². The third kappa shape index (κ3) is 3.99. The van der Waals surface area contributed by atoms with Gasteiger partial charge in [0.2, 0.25) is 5.91 Å². The van der Waals surface area contributed by atoms with E-state index in [0.29, 0.717) is 20.6 Å². The minimum absolute atomic E-state index is 0.101. The Morgan fingerprint density at radius 3 is 2.85 bits per heavy atom. The molecule has 1 N–H and O–H groups in total. The minimum atomic E-state index is -0.446. The summed E-state index contributed by atoms with van der Waals surface area (Å²) in [5.74, 6) is -1.21. The molecule has 3 rings (SSSR count). The fourth-order valence-corrected chi connectivity index (χ4v) is 4.80. The number of anilines is 1. The Morgan fingerprint density at radius 2 is 2.08 bits per heavy atom. The number of halogens is 2. The zero-order valence-electron chi connectivity index (χ0n) is 14.4. The second-order valence-corrected chi connectivity index (χ2v) is 8.03. The highest BCUT2D eigenvalue weighted by Crippen LogP contribution is 2.38. The molecule has 1 amide bonds. The maximum absolute atomic E-state index is 14.1. The molecule has 0 atom stereocenters. The molecule has 0 unspecified atom stereocenters. The summed E-state index contributed by atoms with van der Waals surface area (Å²) in [5, 5.41) is 3.31. The van der Waals surface area contributed by atoms with E-state index in [1.54, 1.807) is 25.1 Å². The number of rotatable bonds is 5. The lowest BCUT2D eigenvalue weighted by Crippen LogP contribution is -2.17. The molecule has 7 heteroatoms. The molecule has 1 aromatic carbocycles. The number of hydrogen-bond acceptors (Lipinski definition) is 4. The van der Waals surface area contributed by atoms with E-state index in [4.69, 9.17) is 4.74 Å². The maximum atomic E-state index is 14.1. The molecule has 138 valence electrons. The summed E-state index contributed by atoms with van der Waals surface area (Å²) in [4.78, 5) is 26.0. The van der Waals surface area contributed by atoms with Crippen molar-refractivity contribution in [3.63, 3.8) is 0 Å². The third-order valence-corrected chi connectivity index (χ3v) is 6.11. The molecule has 1 aliphatic rings. The van der Waals surface area contributed by atoms with Crippen molar-refractivity contribution in [1.29, 1.82) is 0 Å². The van der Waals surface area contributed by atoms with Crippen molar-refractivity contribution in [3.8, 4) is 0 Å². The number of aryl methyl sites for hydroxylation is 1. The molecule has 4 nitrogen and oxygen atoms in total. The molecule has 0 saturated carbocycles. The summed E-state index contributed by atoms with van der Waals surface area (Å²) in [6, 6.07) is 4.85. The maximum Gasteiger partial charge on any atom is 0.341 e. The molecule has 26 heavy (non-hydrogen) atoms. The Hall–Kier alpha value is -1.73. The number of ether oxygens (including phenoxy) is 1. The zero-order valence-corrected chi connectivity index (χ0v) is 16.8. The molecule has 1 aromatic heterocycles. The molecule has 0 radical (unpaired) electrons. The van der Waals surface area contributed by atoms with Crippen LogP contribution in [0.3, 0.4) is 0 Å². The Kier molecular flexibility index (Phi) is 6.09. The first-order chi connectivity index (χ1) is 12.5. The highest BCUT2D eigenvalue weighted by Gasteiger charge is 2.27. The van der Waals surface area contributed by atoms with Crippen molar-refractivity contribution in [3.05, 3.63) is 50.1 Å². The van der Waals surface area contributed by atoms with Crippen molar-refractivity contribution in [2.45, 2.75) is 39.0 Å². The summed E-state index contributed by atoms with van der Waals surface area (Å²) < 4.78 is 19.6. The number of benzene rings is 1. The van der Waals surface area contributed by atoms with Crippen LogP contribution in [-0.2, 0) is 28.8 Å². The Bertz CT molecular complexity index is 850. The van der Waals surface area contributed by atoms with Crippen LogP contribution in [0.5, 0.6) is 0 Å². The van der Waals surface area contributed by atoms with Gasteiger partial charge in [0.1, 0.15) is 10.8 Å². The van der Waals surface area contributed by atoms with Crippen LogP contribution in [0.25, 0.3) is 0 Å². The fourth-order valence-electron chi connectivity index (χ4n) is 3.10. The second kappa shape index (κ2) is 8.31. The number of carbonyl (C=O) groups is 2. The molecular weight excluding hydrogens is 421 g/mol. The predicted molar refractivity (Wildman–Crippen MR) is 103 cm³/mol. The molecule has 0 aliphatic heterocycles. The van der Waals surface area contributed by atoms with Gasteiger partial charge in [-0.05, 0) is 65.7 Å². The SMILES string of the molecule is CCOC(=O)c1c(NC(=O)Cc2cccc(Br)c2F)sc2c1CCCC2. The number of carbonyl (C=O) groups excluding carboxylic acids is 2. The lowest BCUT2D eigenvalue weighted by molar-refractivity contribution is -0.115. The first kappa shape index (κ1) is 19.0. The van der Waals surface area contributed by atoms with Crippen LogP contribution in [0.2, 0.25) is 0 Å². The van der Waals surface area contributed by atoms with Gasteiger partial charge in [-0.25, -0.2) is 9.18 Å². The standard InChI is InChI=1S/C19H19BrFNO3S/c1-2-25-19(24)16-12-7-3-4-9-14(12)26-18(16)22-15(23)10-11-6-5-8-13(20)17(11)21/h5-6,8H,2-4,7,9-10H2,1H3,(H,22,23). The van der Waals surface area contributed by atoms with E-state index in [2.05, 4.69) is 21.2 Å². The Labute approximate surface area is 163 Å². The summed E-state index contributed by atoms with van der Waals surface area (Å²) in [5.41, 5.74) is 1.76. The minimum Gasteiger partial charge on any atom is -0.462 e. The first-order valence-electron chi connectivity index (χ1n) is 8.55. The number of thiophene rings is 1. The molecule has 0 fully saturated rings. The largest absolute Gasteiger partial charge is 0.462 e. The van der Waals surface area contributed by atoms with Crippen molar-refractivity contribution in [2.75, 3.05) is 11.9 Å². The zero-order chi connectivity index (χ0) is 18.7. The lowest BCUT2D eigenvalue weighted by Gasteiger charge is -2.12. The summed E-state index contributed by atoms with van der Waals surface area (Å²) in [6.07, 6.45) is 3.72. The molecule has 0 spiro atoms. The topological polar surface area (TPSA) is 55.4 Å². The van der Waals surface area contributed by atoms with Crippen molar-refractivity contribution >= 4 is 44.1 Å². The van der Waals surface area contributed by atoms with Crippen LogP contribution in [0.15, 0.2) is 22.7 Å². The summed E-state index contributed by atoms with van der Waals surface area (Å²) in [7, 11) is 0. The first-order valence-corrected chi connectivity index (χ1v) is 10.2. The molecule has 1 aliphatic carbocycles. The van der Waals surface area contributed by atoms with Gasteiger partial charge in [-0.2, -0.15) is 0 Å². The number of fused-ring (bicyclic) bond motifs is 1. The predicted octanol–water partition coefficient (Wildman–Crippen LogP) is 4.89. The van der Waals surface area contributed by atoms with Crippen molar-refractivity contribution < 1.29 is 18.7 Å². The van der Waals surface area contributed by atoms with E-state index in [1.165, 1.54) is 11.3 Å². The lowest BCUT2D eigenvalue weighted by atomic mass is 9.95. The summed E-state index contributed by atoms with van der Waals surface area (Å²) in [6.45, 7) is 2.03. The third-order valence-electron chi connectivity index (χ3n) is 4.29. The van der Waals surface area contributed by atoms with Crippen molar-refractivity contribution in [2.24, 2.45) is 0 Å². The smallest absolute Gasteiger partial charge is 0.341 e. The molecule has 0 saturated heterocycles. The number of amides is 1. The van der Waals surface area contributed by atoms with Gasteiger partial charge in [0.15, 0.2) is 0 Å². The van der Waals surface area contributed by atoms with Gasteiger partial charge in [-0.3, -0.25) is 4.79 Å². The van der Waals surface area contributed by atoms with Gasteiger partial charge in [-0.15, -0.1) is 11.3 Å². The fraction of sp³-hybridized carbons (Fsp3) is 0.368. The van der Waals surface area contributed by atoms with Crippen LogP contribution >= 0.6 is 27.3 Å². The summed E-state index contributed by atoms with van der Waals surface area (Å²) >= 11 is 4.55. The van der Waals surface area contributed by atoms with Gasteiger partial charge in [-0.1, -0.05) is 12.1 Å². The van der Waals surface area contributed by atoms with E-state index < -0.39 is 11.8 Å². The van der Waals surface area contributed by atoms with Crippen LogP contribution in [0.1, 0.15) is 46.1 Å². The van der Waals surface area contributed by atoms with Gasteiger partial charge < -0.3 is 10.1 Å². The number of nitrogens with one attached hydrogen (secondary N) is 1. The number of hydrogen-bond donors (Lipinski definition) is 1. The van der Waals surface area contributed by atoms with Crippen LogP contribution in [-0.4, -0.2) is 18.5 Å². The highest BCUT2D eigenvalue weighted by molar-refractivity contribution is 9.10. The molecule has 0 bridgehead atoms. The van der Waals surface area contributed by atoms with E-state index in [0.717, 1.165) is 36.1 Å². The van der Waals surface area contributed by atoms with Crippen LogP contribution in [0.4, 0.5) is 9.39 Å². The average Bonchev–Trinajstić information content (AvgIpc) is 2.97. The van der Waals surface area contributed by atoms with Gasteiger partial charge >= 0.3 is 5.97 Å². The Balaban J connectivity index is 1.84. The molecule has 1 heterocycles. The van der Waals surface area contributed by atoms with E-state index in [-0.39, 0.29) is 18.9 Å². The highest BCUT2D eigenvalue weighted by atomic mass is 79.9. The van der Waals surface area contributed by atoms with Gasteiger partial charge in [0.25, 0.3) is 0 Å². The average molecular weight is 440 g/mol. The van der Waals surface area contributed by atoms with E-state index in [9.17, 15) is 14.0 Å². The second-order valence-electron chi connectivity index (χ2n) is 6.07. The van der Waals surface area contributed by atoms with Crippen LogP contribution < -0.4 is 5.32 Å². The molecular formula is C19H19BrFNO3S.